The Bertz CT molecular complexity index is 1220. The van der Waals surface area contributed by atoms with Crippen LogP contribution in [0.1, 0.15) is 42.5 Å². The summed E-state index contributed by atoms with van der Waals surface area (Å²) >= 11 is 5.07. The topological polar surface area (TPSA) is 100 Å². The van der Waals surface area contributed by atoms with Crippen molar-refractivity contribution in [1.82, 2.24) is 25.0 Å². The van der Waals surface area contributed by atoms with Gasteiger partial charge in [-0.05, 0) is 42.4 Å². The molecule has 0 saturated heterocycles. The molecule has 2 aromatic carbocycles. The molecule has 0 fully saturated rings. The van der Waals surface area contributed by atoms with Gasteiger partial charge in [0.15, 0.2) is 4.77 Å². The van der Waals surface area contributed by atoms with Gasteiger partial charge in [-0.15, -0.1) is 0 Å². The van der Waals surface area contributed by atoms with Crippen LogP contribution in [-0.4, -0.2) is 50.5 Å². The molecule has 4 rings (SSSR count). The highest BCUT2D eigenvalue weighted by Gasteiger charge is 2.35. The second kappa shape index (κ2) is 8.65. The molecule has 8 nitrogen and oxygen atoms in total. The van der Waals surface area contributed by atoms with Gasteiger partial charge < -0.3 is 9.88 Å². The minimum atomic E-state index is -0.368. The van der Waals surface area contributed by atoms with E-state index in [0.717, 1.165) is 11.4 Å². The number of aromatic amines is 1. The molecule has 0 atom stereocenters. The summed E-state index contributed by atoms with van der Waals surface area (Å²) in [7, 11) is 1.80. The highest BCUT2D eigenvalue weighted by Crippen LogP contribution is 2.24. The summed E-state index contributed by atoms with van der Waals surface area (Å²) in [6, 6.07) is 14.3. The fraction of sp³-hybridized carbons (Fsp3) is 0.227. The first-order valence-corrected chi connectivity index (χ1v) is 10.3. The van der Waals surface area contributed by atoms with Crippen LogP contribution in [-0.2, 0) is 19.9 Å². The van der Waals surface area contributed by atoms with E-state index in [9.17, 15) is 14.4 Å². The zero-order chi connectivity index (χ0) is 22.0. The average Bonchev–Trinajstić information content (AvgIpc) is 3.23. The molecule has 1 aliphatic rings. The van der Waals surface area contributed by atoms with Gasteiger partial charge in [0.25, 0.3) is 17.7 Å². The Balaban J connectivity index is 1.40. The smallest absolute Gasteiger partial charge is 0.261 e. The fourth-order valence-electron chi connectivity index (χ4n) is 3.51. The van der Waals surface area contributed by atoms with Crippen molar-refractivity contribution in [2.24, 2.45) is 7.05 Å². The Labute approximate surface area is 183 Å². The molecule has 0 radical (unpaired) electrons. The third kappa shape index (κ3) is 4.17. The molecule has 0 saturated carbocycles. The minimum absolute atomic E-state index is 0.264. The molecular weight excluding hydrogens is 414 g/mol. The molecule has 0 spiro atoms. The van der Waals surface area contributed by atoms with Crippen LogP contribution in [0.5, 0.6) is 0 Å². The minimum Gasteiger partial charge on any atom is -0.352 e. The molecule has 2 heterocycles. The van der Waals surface area contributed by atoms with Crippen LogP contribution in [0.4, 0.5) is 0 Å². The number of carbonyl (C=O) groups excluding carboxylic acids is 3. The van der Waals surface area contributed by atoms with Crippen LogP contribution in [0, 0.1) is 4.77 Å². The van der Waals surface area contributed by atoms with Crippen LogP contribution >= 0.6 is 12.2 Å². The number of nitrogens with one attached hydrogen (secondary N) is 2. The first-order valence-electron chi connectivity index (χ1n) is 9.88. The van der Waals surface area contributed by atoms with Crippen molar-refractivity contribution in [1.29, 1.82) is 0 Å². The molecule has 9 heteroatoms. The van der Waals surface area contributed by atoms with Gasteiger partial charge in [-0.3, -0.25) is 24.4 Å². The Morgan fingerprint density at radius 1 is 1.06 bits per heavy atom. The fourth-order valence-corrected chi connectivity index (χ4v) is 3.66. The highest BCUT2D eigenvalue weighted by atomic mass is 32.1. The number of H-pyrrole nitrogens is 1. The Morgan fingerprint density at radius 3 is 2.52 bits per heavy atom. The van der Waals surface area contributed by atoms with Crippen molar-refractivity contribution >= 4 is 29.9 Å². The molecule has 31 heavy (non-hydrogen) atoms. The van der Waals surface area contributed by atoms with E-state index in [0.29, 0.717) is 41.8 Å². The van der Waals surface area contributed by atoms with E-state index in [1.807, 2.05) is 30.3 Å². The summed E-state index contributed by atoms with van der Waals surface area (Å²) in [6.45, 7) is 0.656. The van der Waals surface area contributed by atoms with Crippen LogP contribution in [0.25, 0.3) is 0 Å². The number of rotatable bonds is 7. The Hall–Kier alpha value is -3.59. The first-order chi connectivity index (χ1) is 15.0. The van der Waals surface area contributed by atoms with Crippen LogP contribution in [0.3, 0.4) is 0 Å². The van der Waals surface area contributed by atoms with Gasteiger partial charge in [-0.25, -0.2) is 0 Å². The predicted octanol–water partition coefficient (Wildman–Crippen LogP) is 2.29. The maximum atomic E-state index is 12.8. The maximum Gasteiger partial charge on any atom is 0.261 e. The normalized spacial score (nSPS) is 12.9. The number of hydrogen-bond acceptors (Lipinski definition) is 5. The third-order valence-corrected chi connectivity index (χ3v) is 5.67. The molecule has 158 valence electrons. The number of nitrogens with zero attached hydrogens (tertiary/aromatic N) is 3. The number of amides is 3. The molecule has 1 aliphatic heterocycles. The molecule has 0 bridgehead atoms. The molecule has 0 unspecified atom stereocenters. The van der Waals surface area contributed by atoms with Gasteiger partial charge in [0.05, 0.1) is 11.1 Å². The SMILES string of the molecule is Cn1c(CCNC(=O)c2ccc3c(c2)C(=O)N(CCc2ccccc2)C3=O)n[nH]c1=S. The second-order valence-corrected chi connectivity index (χ2v) is 7.65. The maximum absolute atomic E-state index is 12.8. The zero-order valence-electron chi connectivity index (χ0n) is 16.9. The van der Waals surface area contributed by atoms with Crippen molar-refractivity contribution in [3.05, 3.63) is 81.4 Å². The molecule has 1 aromatic heterocycles. The summed E-state index contributed by atoms with van der Waals surface area (Å²) in [5.41, 5.74) is 1.98. The summed E-state index contributed by atoms with van der Waals surface area (Å²) in [5.74, 6) is -0.280. The van der Waals surface area contributed by atoms with E-state index in [4.69, 9.17) is 12.2 Å². The van der Waals surface area contributed by atoms with E-state index < -0.39 is 0 Å². The van der Waals surface area contributed by atoms with Gasteiger partial charge in [0.2, 0.25) is 0 Å². The number of aromatic nitrogens is 3. The lowest BCUT2D eigenvalue weighted by Gasteiger charge is -2.13. The van der Waals surface area contributed by atoms with E-state index in [2.05, 4.69) is 15.5 Å². The van der Waals surface area contributed by atoms with Gasteiger partial charge in [-0.2, -0.15) is 5.10 Å². The lowest BCUT2D eigenvalue weighted by molar-refractivity contribution is 0.0656. The molecule has 0 aliphatic carbocycles. The van der Waals surface area contributed by atoms with Crippen LogP contribution in [0.15, 0.2) is 48.5 Å². The summed E-state index contributed by atoms with van der Waals surface area (Å²) < 4.78 is 2.26. The van der Waals surface area contributed by atoms with Crippen molar-refractivity contribution in [3.8, 4) is 0 Å². The van der Waals surface area contributed by atoms with Gasteiger partial charge in [0.1, 0.15) is 5.82 Å². The number of carbonyl (C=O) groups is 3. The number of imide groups is 1. The number of benzene rings is 2. The largest absolute Gasteiger partial charge is 0.352 e. The second-order valence-electron chi connectivity index (χ2n) is 7.27. The lowest BCUT2D eigenvalue weighted by Crippen LogP contribution is -2.31. The van der Waals surface area contributed by atoms with Crippen molar-refractivity contribution in [2.75, 3.05) is 13.1 Å². The molecular formula is C22H21N5O3S. The number of fused-ring (bicyclic) bond motifs is 1. The lowest BCUT2D eigenvalue weighted by atomic mass is 10.1. The highest BCUT2D eigenvalue weighted by molar-refractivity contribution is 7.71. The van der Waals surface area contributed by atoms with E-state index in [1.165, 1.54) is 11.0 Å². The van der Waals surface area contributed by atoms with E-state index in [1.54, 1.807) is 23.7 Å². The Kier molecular flexibility index (Phi) is 5.77. The first kappa shape index (κ1) is 20.7. The van der Waals surface area contributed by atoms with Crippen molar-refractivity contribution in [2.45, 2.75) is 12.8 Å². The Morgan fingerprint density at radius 2 is 1.81 bits per heavy atom. The summed E-state index contributed by atoms with van der Waals surface area (Å²) in [5, 5.41) is 9.61. The average molecular weight is 436 g/mol. The van der Waals surface area contributed by atoms with Crippen molar-refractivity contribution in [3.63, 3.8) is 0 Å². The number of hydrogen-bond donors (Lipinski definition) is 2. The standard InChI is InChI=1S/C22H21N5O3S/c1-26-18(24-25-22(26)31)9-11-23-19(28)15-7-8-16-17(13-15)21(30)27(20(16)29)12-10-14-5-3-2-4-6-14/h2-8,13H,9-12H2,1H3,(H,23,28)(H,25,31). The van der Waals surface area contributed by atoms with Crippen LogP contribution in [0.2, 0.25) is 0 Å². The monoisotopic (exact) mass is 435 g/mol. The predicted molar refractivity (Wildman–Crippen MR) is 116 cm³/mol. The van der Waals surface area contributed by atoms with Gasteiger partial charge in [0, 0.05) is 32.1 Å². The van der Waals surface area contributed by atoms with Crippen LogP contribution < -0.4 is 5.32 Å². The quantitative estimate of drug-likeness (QED) is 0.438. The zero-order valence-corrected chi connectivity index (χ0v) is 17.7. The molecule has 3 amide bonds. The third-order valence-electron chi connectivity index (χ3n) is 5.31. The summed E-state index contributed by atoms with van der Waals surface area (Å²) in [4.78, 5) is 39.2. The van der Waals surface area contributed by atoms with Gasteiger partial charge >= 0.3 is 0 Å². The van der Waals surface area contributed by atoms with E-state index >= 15 is 0 Å². The summed E-state index contributed by atoms with van der Waals surface area (Å²) in [6.07, 6.45) is 1.08. The van der Waals surface area contributed by atoms with Gasteiger partial charge in [-0.1, -0.05) is 30.3 Å². The molecule has 3 aromatic rings. The molecule has 2 N–H and O–H groups in total. The van der Waals surface area contributed by atoms with Crippen molar-refractivity contribution < 1.29 is 14.4 Å². The van der Waals surface area contributed by atoms with E-state index in [-0.39, 0.29) is 23.3 Å².